The molecule has 1 saturated heterocycles. The predicted octanol–water partition coefficient (Wildman–Crippen LogP) is 4.56. The van der Waals surface area contributed by atoms with E-state index in [1.807, 2.05) is 0 Å². The second-order valence-corrected chi connectivity index (χ2v) is 10.0. The molecule has 0 spiro atoms. The maximum Gasteiger partial charge on any atom is 0.415 e. The van der Waals surface area contributed by atoms with Gasteiger partial charge in [-0.15, -0.1) is 5.10 Å². The Balaban J connectivity index is 1.57. The van der Waals surface area contributed by atoms with Crippen LogP contribution in [-0.4, -0.2) is 52.4 Å². The zero-order valence-electron chi connectivity index (χ0n) is 19.4. The quantitative estimate of drug-likeness (QED) is 0.305. The van der Waals surface area contributed by atoms with E-state index in [-0.39, 0.29) is 28.8 Å². The number of non-ortho nitro benzene ring substituents is 1. The van der Waals surface area contributed by atoms with Crippen LogP contribution in [0.2, 0.25) is 0 Å². The van der Waals surface area contributed by atoms with E-state index in [0.29, 0.717) is 57.6 Å². The predicted molar refractivity (Wildman–Crippen MR) is 140 cm³/mol. The molecule has 0 saturated carbocycles. The minimum absolute atomic E-state index is 0.105. The van der Waals surface area contributed by atoms with E-state index in [1.54, 1.807) is 29.2 Å². The minimum atomic E-state index is -0.742. The fraction of sp³-hybridized carbons (Fsp3) is 0.208. The monoisotopic (exact) mass is 644 g/mol. The first-order valence-electron chi connectivity index (χ1n) is 11.2. The largest absolute Gasteiger partial charge is 0.420 e. The number of aromatic amines is 1. The number of amides is 1. The van der Waals surface area contributed by atoms with Crippen molar-refractivity contribution in [2.75, 3.05) is 26.3 Å². The van der Waals surface area contributed by atoms with Crippen molar-refractivity contribution < 1.29 is 23.9 Å². The molecule has 0 bridgehead atoms. The lowest BCUT2D eigenvalue weighted by Crippen LogP contribution is -2.42. The lowest BCUT2D eigenvalue weighted by molar-refractivity contribution is -0.384. The Morgan fingerprint density at radius 2 is 1.97 bits per heavy atom. The van der Waals surface area contributed by atoms with Crippen molar-refractivity contribution in [3.05, 3.63) is 78.0 Å². The van der Waals surface area contributed by atoms with Crippen molar-refractivity contribution in [3.8, 4) is 29.0 Å². The van der Waals surface area contributed by atoms with Gasteiger partial charge in [-0.1, -0.05) is 12.1 Å². The fourth-order valence-corrected chi connectivity index (χ4v) is 5.70. The number of aromatic nitrogens is 2. The number of nitrogens with one attached hydrogen (secondary N) is 1. The maximum absolute atomic E-state index is 12.7. The number of rotatable bonds is 4. The number of nitro benzene ring substituents is 1. The molecule has 3 N–H and O–H groups in total. The van der Waals surface area contributed by atoms with Crippen LogP contribution in [0.1, 0.15) is 17.0 Å². The average molecular weight is 646 g/mol. The molecule has 38 heavy (non-hydrogen) atoms. The maximum atomic E-state index is 12.7. The molecule has 5 rings (SSSR count). The molecule has 1 amide bonds. The molecule has 1 atom stereocenters. The second-order valence-electron chi connectivity index (χ2n) is 8.33. The van der Waals surface area contributed by atoms with Crippen LogP contribution in [0.5, 0.6) is 11.6 Å². The standard InChI is InChI=1S/C24H18Br2N6O6/c25-16-9-13(10-17(26)21(16)37-24(33)31-4-6-36-7-5-31)18-15(11-27)22(28)38-23-19(18)20(29-30-23)12-2-1-3-14(8-12)32(34)35/h1-3,8-10,18H,4-7,28H2,(H,29,30)/t18-/m1/s1. The number of benzene rings is 2. The summed E-state index contributed by atoms with van der Waals surface area (Å²) < 4.78 is 17.5. The number of H-pyrrole nitrogens is 1. The number of nitrogens with zero attached hydrogens (tertiary/aromatic N) is 4. The molecule has 2 aliphatic heterocycles. The number of hydrogen-bond acceptors (Lipinski definition) is 9. The summed E-state index contributed by atoms with van der Waals surface area (Å²) in [6.45, 7) is 1.72. The topological polar surface area (TPSA) is 170 Å². The summed E-state index contributed by atoms with van der Waals surface area (Å²) in [7, 11) is 0. The lowest BCUT2D eigenvalue weighted by Gasteiger charge is -2.27. The summed E-state index contributed by atoms with van der Waals surface area (Å²) >= 11 is 6.97. The molecule has 12 nitrogen and oxygen atoms in total. The van der Waals surface area contributed by atoms with Gasteiger partial charge in [0.15, 0.2) is 5.75 Å². The van der Waals surface area contributed by atoms with Gasteiger partial charge in [-0.05, 0) is 49.6 Å². The lowest BCUT2D eigenvalue weighted by atomic mass is 9.83. The molecular formula is C24H18Br2N6O6. The van der Waals surface area contributed by atoms with E-state index in [4.69, 9.17) is 19.9 Å². The molecule has 0 aliphatic carbocycles. The van der Waals surface area contributed by atoms with Crippen LogP contribution < -0.4 is 15.2 Å². The summed E-state index contributed by atoms with van der Waals surface area (Å²) in [5.74, 6) is -0.451. The van der Waals surface area contributed by atoms with Crippen LogP contribution in [-0.2, 0) is 4.74 Å². The normalized spacial score (nSPS) is 16.9. The Morgan fingerprint density at radius 1 is 1.26 bits per heavy atom. The number of hydrogen-bond donors (Lipinski definition) is 2. The van der Waals surface area contributed by atoms with Gasteiger partial charge in [-0.25, -0.2) is 4.79 Å². The number of ether oxygens (including phenoxy) is 3. The smallest absolute Gasteiger partial charge is 0.415 e. The highest BCUT2D eigenvalue weighted by atomic mass is 79.9. The first-order valence-corrected chi connectivity index (χ1v) is 12.8. The molecule has 3 aromatic rings. The van der Waals surface area contributed by atoms with Crippen molar-refractivity contribution in [2.24, 2.45) is 5.73 Å². The van der Waals surface area contributed by atoms with Gasteiger partial charge >= 0.3 is 6.09 Å². The van der Waals surface area contributed by atoms with Crippen LogP contribution in [0, 0.1) is 21.4 Å². The Kier molecular flexibility index (Phi) is 7.06. The van der Waals surface area contributed by atoms with Gasteiger partial charge in [0, 0.05) is 30.8 Å². The SMILES string of the molecule is N#CC1=C(N)Oc2n[nH]c(-c3cccc([N+](=O)[O-])c3)c2[C@@H]1c1cc(Br)c(OC(=O)N2CCOCC2)c(Br)c1. The number of morpholine rings is 1. The van der Waals surface area contributed by atoms with Crippen molar-refractivity contribution in [3.63, 3.8) is 0 Å². The van der Waals surface area contributed by atoms with E-state index in [0.717, 1.165) is 0 Å². The van der Waals surface area contributed by atoms with Crippen molar-refractivity contribution >= 4 is 43.6 Å². The zero-order valence-corrected chi connectivity index (χ0v) is 22.6. The highest BCUT2D eigenvalue weighted by Gasteiger charge is 2.36. The van der Waals surface area contributed by atoms with Gasteiger partial charge < -0.3 is 24.8 Å². The highest BCUT2D eigenvalue weighted by molar-refractivity contribution is 9.11. The summed E-state index contributed by atoms with van der Waals surface area (Å²) in [5, 5.41) is 28.4. The Hall–Kier alpha value is -3.93. The molecular weight excluding hydrogens is 628 g/mol. The number of allylic oxidation sites excluding steroid dienone is 1. The summed E-state index contributed by atoms with van der Waals surface area (Å²) in [6.07, 6.45) is -0.513. The highest BCUT2D eigenvalue weighted by Crippen LogP contribution is 2.48. The van der Waals surface area contributed by atoms with E-state index in [9.17, 15) is 20.2 Å². The van der Waals surface area contributed by atoms with Gasteiger partial charge in [0.05, 0.1) is 44.3 Å². The van der Waals surface area contributed by atoms with Crippen LogP contribution in [0.25, 0.3) is 11.3 Å². The third-order valence-corrected chi connectivity index (χ3v) is 7.28. The third kappa shape index (κ3) is 4.71. The first kappa shape index (κ1) is 25.7. The number of nitriles is 1. The van der Waals surface area contributed by atoms with Gasteiger partial charge in [0.2, 0.25) is 11.8 Å². The Morgan fingerprint density at radius 3 is 2.63 bits per heavy atom. The van der Waals surface area contributed by atoms with E-state index in [2.05, 4.69) is 48.1 Å². The van der Waals surface area contributed by atoms with E-state index in [1.165, 1.54) is 12.1 Å². The molecule has 2 aromatic carbocycles. The first-order chi connectivity index (χ1) is 18.3. The van der Waals surface area contributed by atoms with Crippen molar-refractivity contribution in [2.45, 2.75) is 5.92 Å². The average Bonchev–Trinajstić information content (AvgIpc) is 3.33. The number of nitrogens with two attached hydrogens (primary N) is 1. The summed E-state index contributed by atoms with van der Waals surface area (Å²) in [6, 6.07) is 11.6. The molecule has 0 radical (unpaired) electrons. The Bertz CT molecular complexity index is 1500. The molecule has 1 aromatic heterocycles. The van der Waals surface area contributed by atoms with Crippen LogP contribution in [0.15, 0.2) is 56.8 Å². The third-order valence-electron chi connectivity index (χ3n) is 6.10. The molecule has 3 heterocycles. The number of halogens is 2. The van der Waals surface area contributed by atoms with Crippen molar-refractivity contribution in [1.82, 2.24) is 15.1 Å². The van der Waals surface area contributed by atoms with Gasteiger partial charge in [0.25, 0.3) is 5.69 Å². The van der Waals surface area contributed by atoms with Gasteiger partial charge in [-0.3, -0.25) is 15.2 Å². The van der Waals surface area contributed by atoms with Crippen LogP contribution in [0.3, 0.4) is 0 Å². The van der Waals surface area contributed by atoms with Gasteiger partial charge in [0.1, 0.15) is 11.6 Å². The molecule has 194 valence electrons. The summed E-state index contributed by atoms with van der Waals surface area (Å²) in [5.41, 5.74) is 8.10. The second kappa shape index (κ2) is 10.4. The fourth-order valence-electron chi connectivity index (χ4n) is 4.31. The molecule has 14 heteroatoms. The number of nitro groups is 1. The van der Waals surface area contributed by atoms with Crippen LogP contribution >= 0.6 is 31.9 Å². The van der Waals surface area contributed by atoms with E-state index >= 15 is 0 Å². The number of fused-ring (bicyclic) bond motifs is 1. The van der Waals surface area contributed by atoms with Crippen LogP contribution in [0.4, 0.5) is 10.5 Å². The molecule has 0 unspecified atom stereocenters. The minimum Gasteiger partial charge on any atom is -0.420 e. The number of carbonyl (C=O) groups excluding carboxylic acids is 1. The van der Waals surface area contributed by atoms with Gasteiger partial charge in [-0.2, -0.15) is 5.26 Å². The molecule has 2 aliphatic rings. The number of carbonyl (C=O) groups is 1. The molecule has 1 fully saturated rings. The van der Waals surface area contributed by atoms with Crippen molar-refractivity contribution in [1.29, 1.82) is 5.26 Å². The summed E-state index contributed by atoms with van der Waals surface area (Å²) in [4.78, 5) is 25.1. The van der Waals surface area contributed by atoms with E-state index < -0.39 is 16.9 Å². The Labute approximate surface area is 232 Å². The zero-order chi connectivity index (χ0) is 27.0.